The van der Waals surface area contributed by atoms with Crippen LogP contribution in [-0.4, -0.2) is 70.4 Å². The maximum absolute atomic E-state index is 10.4. The number of hydrogen-bond acceptors (Lipinski definition) is 9. The number of ether oxygens (including phenoxy) is 3. The molecular formula is C24H32O9. The molecule has 9 nitrogen and oxygen atoms in total. The zero-order valence-electron chi connectivity index (χ0n) is 21.1. The molecule has 2 aliphatic heterocycles. The quantitative estimate of drug-likeness (QED) is 0.466. The van der Waals surface area contributed by atoms with E-state index in [9.17, 15) is 20.4 Å². The fraction of sp³-hybridized carbons (Fsp3) is 0.750. The van der Waals surface area contributed by atoms with Gasteiger partial charge < -0.3 is 34.6 Å². The van der Waals surface area contributed by atoms with Crippen LogP contribution >= 0.6 is 0 Å². The molecule has 0 radical (unpaired) electrons. The number of hydrogen-bond donors (Lipinski definition) is 4. The first-order valence-corrected chi connectivity index (χ1v) is 11.7. The topological polar surface area (TPSA) is 127 Å². The third-order valence-corrected chi connectivity index (χ3v) is 8.62. The van der Waals surface area contributed by atoms with Crippen LogP contribution < -0.4 is 4.74 Å². The van der Waals surface area contributed by atoms with Gasteiger partial charge in [0.05, 0.1) is 10.7 Å². The van der Waals surface area contributed by atoms with E-state index in [0.29, 0.717) is 17.4 Å². The van der Waals surface area contributed by atoms with E-state index in [1.54, 1.807) is 24.3 Å². The summed E-state index contributed by atoms with van der Waals surface area (Å²) in [6.07, 6.45) is -2.25. The van der Waals surface area contributed by atoms with Gasteiger partial charge in [0.1, 0.15) is 30.2 Å². The standard InChI is InChI=1S/C24H32O9/c1-29-24(23(32-33-24)15-6-12-5-13(8-15)9-16(23)7-12)14-3-2-4-17(10-14)30-22-21(28)20(27)19(26)18(11-25)31-22/h2-4,10,12-13,15-16,18-22,25-28H,5-9,11H2,1H3/t12?,13?,15?,16?,18?,19?,20?,21?,22-,23?,24?/m1/s1/i1D3. The molecule has 5 unspecified atom stereocenters. The second-order valence-corrected chi connectivity index (χ2v) is 10.3. The molecule has 2 heterocycles. The van der Waals surface area contributed by atoms with Gasteiger partial charge in [-0.15, -0.1) is 0 Å². The minimum absolute atomic E-state index is 0.0971. The average molecular weight is 468 g/mol. The fourth-order valence-electron chi connectivity index (χ4n) is 7.27. The van der Waals surface area contributed by atoms with E-state index in [1.807, 2.05) is 0 Å². The lowest BCUT2D eigenvalue weighted by Gasteiger charge is -2.68. The van der Waals surface area contributed by atoms with Gasteiger partial charge in [-0.1, -0.05) is 12.1 Å². The van der Waals surface area contributed by atoms with Crippen LogP contribution in [0.1, 0.15) is 41.8 Å². The molecule has 6 fully saturated rings. The summed E-state index contributed by atoms with van der Waals surface area (Å²) in [7, 11) is -2.76. The molecule has 33 heavy (non-hydrogen) atoms. The van der Waals surface area contributed by atoms with E-state index in [1.165, 1.54) is 6.42 Å². The maximum Gasteiger partial charge on any atom is 0.260 e. The van der Waals surface area contributed by atoms with Crippen LogP contribution in [0.4, 0.5) is 0 Å². The van der Waals surface area contributed by atoms with Gasteiger partial charge >= 0.3 is 0 Å². The molecule has 1 aromatic carbocycles. The normalized spacial score (nSPS) is 52.1. The van der Waals surface area contributed by atoms with E-state index in [2.05, 4.69) is 0 Å². The number of aliphatic hydroxyl groups excluding tert-OH is 4. The molecule has 4 bridgehead atoms. The number of benzene rings is 1. The Morgan fingerprint density at radius 1 is 1.00 bits per heavy atom. The molecule has 182 valence electrons. The lowest BCUT2D eigenvalue weighted by molar-refractivity contribution is -0.645. The van der Waals surface area contributed by atoms with Gasteiger partial charge in [0.25, 0.3) is 5.79 Å². The van der Waals surface area contributed by atoms with Crippen LogP contribution in [0.3, 0.4) is 0 Å². The van der Waals surface area contributed by atoms with Crippen LogP contribution in [0, 0.1) is 23.7 Å². The highest BCUT2D eigenvalue weighted by molar-refractivity contribution is 5.36. The van der Waals surface area contributed by atoms with Gasteiger partial charge in [0, 0.05) is 12.6 Å². The molecule has 9 heteroatoms. The van der Waals surface area contributed by atoms with Crippen molar-refractivity contribution in [2.75, 3.05) is 13.6 Å². The molecule has 6 aliphatic rings. The van der Waals surface area contributed by atoms with Crippen molar-refractivity contribution in [1.29, 1.82) is 0 Å². The summed E-state index contributed by atoms with van der Waals surface area (Å²) in [5.74, 6) is -0.0721. The maximum atomic E-state index is 10.4. The van der Waals surface area contributed by atoms with Crippen LogP contribution in [0.15, 0.2) is 24.3 Å². The van der Waals surface area contributed by atoms with Gasteiger partial charge in [0.15, 0.2) is 5.60 Å². The summed E-state index contributed by atoms with van der Waals surface area (Å²) < 4.78 is 40.8. The molecule has 4 N–H and O–H groups in total. The van der Waals surface area contributed by atoms with Gasteiger partial charge in [0.2, 0.25) is 6.29 Å². The Bertz CT molecular complexity index is 960. The van der Waals surface area contributed by atoms with Gasteiger partial charge in [-0.05, 0) is 67.9 Å². The summed E-state index contributed by atoms with van der Waals surface area (Å²) in [6, 6.07) is 6.48. The number of rotatable bonds is 5. The van der Waals surface area contributed by atoms with Crippen LogP contribution in [-0.2, 0) is 25.0 Å². The second-order valence-electron chi connectivity index (χ2n) is 10.3. The smallest absolute Gasteiger partial charge is 0.260 e. The minimum atomic E-state index is -2.76. The highest BCUT2D eigenvalue weighted by Crippen LogP contribution is 2.69. The first-order chi connectivity index (χ1) is 17.1. The molecule has 1 spiro atoms. The molecule has 4 aliphatic carbocycles. The van der Waals surface area contributed by atoms with Crippen molar-refractivity contribution in [1.82, 2.24) is 0 Å². The van der Waals surface area contributed by atoms with Crippen molar-refractivity contribution in [3.63, 3.8) is 0 Å². The third-order valence-electron chi connectivity index (χ3n) is 8.62. The average Bonchev–Trinajstić information content (AvgIpc) is 2.81. The Balaban J connectivity index is 1.34. The molecule has 0 aromatic heterocycles. The molecule has 0 amide bonds. The Morgan fingerprint density at radius 3 is 2.33 bits per heavy atom. The second kappa shape index (κ2) is 7.86. The number of aliphatic hydroxyl groups is 4. The predicted molar refractivity (Wildman–Crippen MR) is 111 cm³/mol. The predicted octanol–water partition coefficient (Wildman–Crippen LogP) is 0.821. The van der Waals surface area contributed by atoms with E-state index in [-0.39, 0.29) is 17.6 Å². The Kier molecular flexibility index (Phi) is 4.51. The van der Waals surface area contributed by atoms with Crippen LogP contribution in [0.25, 0.3) is 0 Å². The summed E-state index contributed by atoms with van der Waals surface area (Å²) in [5, 5.41) is 40.0. The molecular weight excluding hydrogens is 432 g/mol. The van der Waals surface area contributed by atoms with Crippen molar-refractivity contribution >= 4 is 0 Å². The van der Waals surface area contributed by atoms with Crippen molar-refractivity contribution in [3.05, 3.63) is 29.8 Å². The summed E-state index contributed by atoms with van der Waals surface area (Å²) in [6.45, 7) is -0.584. The van der Waals surface area contributed by atoms with Gasteiger partial charge in [-0.3, -0.25) is 0 Å². The van der Waals surface area contributed by atoms with Gasteiger partial charge in [-0.25, -0.2) is 4.89 Å². The van der Waals surface area contributed by atoms with E-state index < -0.39 is 55.7 Å². The molecule has 4 saturated carbocycles. The fourth-order valence-corrected chi connectivity index (χ4v) is 7.27. The highest BCUT2D eigenvalue weighted by atomic mass is 17.3. The number of methoxy groups -OCH3 is 1. The van der Waals surface area contributed by atoms with E-state index >= 15 is 0 Å². The SMILES string of the molecule is [2H]C([2H])([2H])OC1(c2cccc(O[C@@H]3OC(CO)C(O)C(O)C3O)c2)OOC12C1CC3CC(C1)CC2C3. The summed E-state index contributed by atoms with van der Waals surface area (Å²) >= 11 is 0. The first-order valence-electron chi connectivity index (χ1n) is 13.2. The van der Waals surface area contributed by atoms with Crippen molar-refractivity contribution < 1.29 is 48.5 Å². The van der Waals surface area contributed by atoms with E-state index in [4.69, 9.17) is 28.1 Å². The molecule has 7 rings (SSSR count). The highest BCUT2D eigenvalue weighted by Gasteiger charge is 2.76. The third kappa shape index (κ3) is 3.01. The van der Waals surface area contributed by atoms with Crippen LogP contribution in [0.5, 0.6) is 5.75 Å². The lowest BCUT2D eigenvalue weighted by atomic mass is 9.47. The van der Waals surface area contributed by atoms with Crippen LogP contribution in [0.2, 0.25) is 0 Å². The van der Waals surface area contributed by atoms with Crippen molar-refractivity contribution in [2.24, 2.45) is 23.7 Å². The summed E-state index contributed by atoms with van der Waals surface area (Å²) in [4.78, 5) is 11.6. The zero-order chi connectivity index (χ0) is 25.5. The molecule has 6 atom stereocenters. The van der Waals surface area contributed by atoms with E-state index in [0.717, 1.165) is 25.7 Å². The van der Waals surface area contributed by atoms with Gasteiger partial charge in [-0.2, -0.15) is 4.89 Å². The Hall–Kier alpha value is -1.30. The Morgan fingerprint density at radius 2 is 1.73 bits per heavy atom. The van der Waals surface area contributed by atoms with Crippen molar-refractivity contribution in [3.8, 4) is 5.75 Å². The molecule has 1 aromatic rings. The minimum Gasteiger partial charge on any atom is -0.462 e. The Labute approximate surface area is 196 Å². The monoisotopic (exact) mass is 467 g/mol. The summed E-state index contributed by atoms with van der Waals surface area (Å²) in [5.41, 5.74) is -0.532. The molecule has 2 saturated heterocycles. The zero-order valence-corrected chi connectivity index (χ0v) is 18.1. The largest absolute Gasteiger partial charge is 0.462 e. The lowest BCUT2D eigenvalue weighted by Crippen LogP contribution is -2.76. The first kappa shape index (κ1) is 19.0. The van der Waals surface area contributed by atoms with Crippen molar-refractivity contribution in [2.45, 2.75) is 74.2 Å².